The molecule has 0 aliphatic rings. The van der Waals surface area contributed by atoms with Gasteiger partial charge < -0.3 is 5.11 Å². The third kappa shape index (κ3) is 2.46. The van der Waals surface area contributed by atoms with Crippen LogP contribution in [0.4, 0.5) is 5.69 Å². The Balaban J connectivity index is 3.46. The smallest absolute Gasteiger partial charge is 0.341 e. The zero-order chi connectivity index (χ0) is 11.6. The van der Waals surface area contributed by atoms with Gasteiger partial charge in [-0.25, -0.2) is 10.9 Å². The molecule has 0 radical (unpaired) electrons. The van der Waals surface area contributed by atoms with Gasteiger partial charge in [-0.1, -0.05) is 0 Å². The molecular weight excluding hydrogens is 321 g/mol. The predicted molar refractivity (Wildman–Crippen MR) is 54.1 cm³/mol. The van der Waals surface area contributed by atoms with Gasteiger partial charge in [0.1, 0.15) is 0 Å². The molecule has 15 heavy (non-hydrogen) atoms. The molecule has 80 valence electrons. The number of carboxylic acids is 1. The molecule has 0 saturated carbocycles. The zero-order valence-corrected chi connectivity index (χ0v) is 9.20. The van der Waals surface area contributed by atoms with Crippen LogP contribution in [0.15, 0.2) is 18.2 Å². The van der Waals surface area contributed by atoms with Crippen LogP contribution >= 0.6 is 19.8 Å². The Bertz CT molecular complexity index is 498. The molecule has 1 N–H and O–H groups in total. The second kappa shape index (κ2) is 4.29. The molecule has 0 aromatic heterocycles. The molecule has 0 unspecified atom stereocenters. The lowest BCUT2D eigenvalue weighted by Crippen LogP contribution is -2.01. The number of carbonyl (C=O) groups is 1. The number of nitro groups is 1. The van der Waals surface area contributed by atoms with Crippen molar-refractivity contribution >= 4 is 31.4 Å². The SMILES string of the molecule is O=C(O)c1ccc([N+](=O)[O-])cc1I(=O)=O. The van der Waals surface area contributed by atoms with Crippen molar-refractivity contribution < 1.29 is 21.0 Å². The average molecular weight is 325 g/mol. The number of aromatic carboxylic acids is 1. The highest BCUT2D eigenvalue weighted by Gasteiger charge is 2.18. The molecule has 7 nitrogen and oxygen atoms in total. The Morgan fingerprint density at radius 2 is 2.00 bits per heavy atom. The molecule has 0 saturated heterocycles. The highest BCUT2D eigenvalue weighted by molar-refractivity contribution is 14.2. The van der Waals surface area contributed by atoms with Crippen LogP contribution in [-0.4, -0.2) is 16.0 Å². The van der Waals surface area contributed by atoms with Crippen molar-refractivity contribution in [3.05, 3.63) is 37.4 Å². The summed E-state index contributed by atoms with van der Waals surface area (Å²) in [7, 11) is 0. The molecule has 1 aromatic rings. The third-order valence-electron chi connectivity index (χ3n) is 1.56. The summed E-state index contributed by atoms with van der Waals surface area (Å²) in [5, 5.41) is 18.9. The maximum Gasteiger partial charge on any atom is 0.341 e. The maximum absolute atomic E-state index is 10.7. The van der Waals surface area contributed by atoms with Gasteiger partial charge >= 0.3 is 25.8 Å². The van der Waals surface area contributed by atoms with Crippen LogP contribution in [0.5, 0.6) is 0 Å². The first-order chi connectivity index (χ1) is 6.93. The minimum atomic E-state index is -4.05. The summed E-state index contributed by atoms with van der Waals surface area (Å²) in [6, 6.07) is 2.62. The van der Waals surface area contributed by atoms with Crippen LogP contribution in [0, 0.1) is 13.7 Å². The first-order valence-corrected chi connectivity index (χ1v) is 6.34. The fourth-order valence-electron chi connectivity index (χ4n) is 0.919. The van der Waals surface area contributed by atoms with E-state index in [4.69, 9.17) is 5.11 Å². The molecular formula is C7H4INO6. The maximum atomic E-state index is 10.7. The first kappa shape index (κ1) is 11.5. The molecule has 1 aromatic carbocycles. The van der Waals surface area contributed by atoms with Crippen LogP contribution in [0.1, 0.15) is 10.4 Å². The number of benzene rings is 1. The van der Waals surface area contributed by atoms with Gasteiger partial charge in [0, 0.05) is 12.1 Å². The van der Waals surface area contributed by atoms with Crippen molar-refractivity contribution in [1.82, 2.24) is 0 Å². The Labute approximate surface area is 90.0 Å². The summed E-state index contributed by atoms with van der Waals surface area (Å²) in [4.78, 5) is 20.1. The summed E-state index contributed by atoms with van der Waals surface area (Å²) >= 11 is -4.05. The van der Waals surface area contributed by atoms with E-state index in [1.807, 2.05) is 0 Å². The fourth-order valence-corrected chi connectivity index (χ4v) is 2.38. The van der Waals surface area contributed by atoms with Crippen LogP contribution in [0.3, 0.4) is 0 Å². The quantitative estimate of drug-likeness (QED) is 0.513. The van der Waals surface area contributed by atoms with Crippen molar-refractivity contribution in [1.29, 1.82) is 0 Å². The minimum Gasteiger partial charge on any atom is -0.478 e. The molecule has 0 fully saturated rings. The molecule has 8 heteroatoms. The monoisotopic (exact) mass is 325 g/mol. The lowest BCUT2D eigenvalue weighted by atomic mass is 10.2. The van der Waals surface area contributed by atoms with E-state index >= 15 is 0 Å². The first-order valence-electron chi connectivity index (χ1n) is 3.50. The molecule has 0 aliphatic carbocycles. The summed E-state index contributed by atoms with van der Waals surface area (Å²) < 4.78 is 21.0. The Hall–Kier alpha value is -1.58. The summed E-state index contributed by atoms with van der Waals surface area (Å²) in [6.07, 6.45) is 0. The molecule has 0 aliphatic heterocycles. The van der Waals surface area contributed by atoms with Crippen LogP contribution in [-0.2, 0) is 6.14 Å². The Kier molecular flexibility index (Phi) is 3.29. The third-order valence-corrected chi connectivity index (χ3v) is 3.40. The van der Waals surface area contributed by atoms with E-state index in [0.717, 1.165) is 18.2 Å². The van der Waals surface area contributed by atoms with Crippen LogP contribution in [0.2, 0.25) is 0 Å². The van der Waals surface area contributed by atoms with Gasteiger partial charge in [0.2, 0.25) is 0 Å². The minimum absolute atomic E-state index is 0.434. The number of rotatable bonds is 3. The standard InChI is InChI=1S/C7H4INO6/c10-7(11)5-2-1-4(9(14)15)3-6(5)8(12)13/h1-3H,(H,10,11). The lowest BCUT2D eigenvalue weighted by Gasteiger charge is -1.97. The Morgan fingerprint density at radius 1 is 1.40 bits per heavy atom. The Morgan fingerprint density at radius 3 is 2.40 bits per heavy atom. The topological polar surface area (TPSA) is 115 Å². The zero-order valence-electron chi connectivity index (χ0n) is 7.05. The van der Waals surface area contributed by atoms with E-state index < -0.39 is 45.5 Å². The van der Waals surface area contributed by atoms with E-state index in [9.17, 15) is 21.0 Å². The number of carboxylic acid groups (broad SMARTS) is 1. The number of hydrogen-bond acceptors (Lipinski definition) is 5. The molecule has 0 heterocycles. The number of nitrogens with zero attached hydrogens (tertiary/aromatic N) is 1. The predicted octanol–water partition coefficient (Wildman–Crippen LogP) is 1.66. The van der Waals surface area contributed by atoms with Gasteiger partial charge in [-0.05, 0) is 6.07 Å². The number of non-ortho nitro benzene ring substituents is 1. The highest BCUT2D eigenvalue weighted by Crippen LogP contribution is 2.26. The second-order valence-electron chi connectivity index (χ2n) is 2.44. The normalized spacial score (nSPS) is 10.2. The molecule has 0 amide bonds. The van der Waals surface area contributed by atoms with E-state index in [-0.39, 0.29) is 0 Å². The molecule has 1 rings (SSSR count). The van der Waals surface area contributed by atoms with E-state index in [1.54, 1.807) is 0 Å². The van der Waals surface area contributed by atoms with E-state index in [0.29, 0.717) is 0 Å². The largest absolute Gasteiger partial charge is 0.478 e. The number of nitro benzene ring substituents is 1. The van der Waals surface area contributed by atoms with Crippen molar-refractivity contribution in [2.45, 2.75) is 0 Å². The van der Waals surface area contributed by atoms with Crippen molar-refractivity contribution in [3.63, 3.8) is 0 Å². The van der Waals surface area contributed by atoms with E-state index in [1.165, 1.54) is 0 Å². The van der Waals surface area contributed by atoms with Gasteiger partial charge in [-0.15, -0.1) is 0 Å². The van der Waals surface area contributed by atoms with Gasteiger partial charge in [0.05, 0.1) is 14.1 Å². The number of hydrogen-bond donors (Lipinski definition) is 1. The summed E-state index contributed by atoms with van der Waals surface area (Å²) in [5.74, 6) is -1.42. The van der Waals surface area contributed by atoms with E-state index in [2.05, 4.69) is 0 Å². The van der Waals surface area contributed by atoms with Gasteiger partial charge in [0.25, 0.3) is 5.69 Å². The molecule has 0 spiro atoms. The van der Waals surface area contributed by atoms with Crippen molar-refractivity contribution in [2.75, 3.05) is 0 Å². The molecule has 0 bridgehead atoms. The molecule has 0 atom stereocenters. The highest BCUT2D eigenvalue weighted by atomic mass is 127. The van der Waals surface area contributed by atoms with Gasteiger partial charge in [0.15, 0.2) is 0 Å². The average Bonchev–Trinajstić information content (AvgIpc) is 2.16. The lowest BCUT2D eigenvalue weighted by molar-refractivity contribution is -0.384. The summed E-state index contributed by atoms with van der Waals surface area (Å²) in [6.45, 7) is 0. The van der Waals surface area contributed by atoms with Crippen molar-refractivity contribution in [2.24, 2.45) is 0 Å². The van der Waals surface area contributed by atoms with Crippen LogP contribution < -0.4 is 0 Å². The second-order valence-corrected chi connectivity index (χ2v) is 4.85. The van der Waals surface area contributed by atoms with Gasteiger partial charge in [-0.3, -0.25) is 10.1 Å². The summed E-state index contributed by atoms with van der Waals surface area (Å²) in [5.41, 5.74) is -0.875. The van der Waals surface area contributed by atoms with Crippen LogP contribution in [0.25, 0.3) is 0 Å². The van der Waals surface area contributed by atoms with Gasteiger partial charge in [-0.2, -0.15) is 0 Å². The fraction of sp³-hybridized carbons (Fsp3) is 0. The number of halogens is 1. The van der Waals surface area contributed by atoms with Crippen molar-refractivity contribution in [3.8, 4) is 0 Å².